The van der Waals surface area contributed by atoms with Gasteiger partial charge in [-0.3, -0.25) is 9.59 Å². The molecule has 0 aromatic heterocycles. The summed E-state index contributed by atoms with van der Waals surface area (Å²) >= 11 is 0. The van der Waals surface area contributed by atoms with Gasteiger partial charge in [-0.2, -0.15) is 0 Å². The molecule has 0 radical (unpaired) electrons. The number of likely N-dealkylation sites (N-methyl/N-ethyl adjacent to an activating group) is 1. The number of carbonyl (C=O) groups is 3. The molecule has 272 valence electrons. The number of hydrogen-bond donors (Lipinski definition) is 1. The molecule has 2 unspecified atom stereocenters. The highest BCUT2D eigenvalue weighted by Gasteiger charge is 2.31. The van der Waals surface area contributed by atoms with Crippen LogP contribution in [-0.2, 0) is 28.6 Å². The van der Waals surface area contributed by atoms with Crippen molar-refractivity contribution in [3.05, 3.63) is 0 Å². The summed E-state index contributed by atoms with van der Waals surface area (Å²) in [5, 5.41) is 9.48. The summed E-state index contributed by atoms with van der Waals surface area (Å²) in [4.78, 5) is 35.6. The molecule has 1 N–H and O–H groups in total. The largest absolute Gasteiger partial charge is 0.477 e. The first kappa shape index (κ1) is 44.3. The molecule has 0 heterocycles. The number of carbonyl (C=O) groups excluding carboxylic acids is 2. The van der Waals surface area contributed by atoms with E-state index in [2.05, 4.69) is 6.92 Å². The van der Waals surface area contributed by atoms with Crippen LogP contribution in [-0.4, -0.2) is 80.6 Å². The van der Waals surface area contributed by atoms with Crippen molar-refractivity contribution in [1.82, 2.24) is 0 Å². The molecule has 0 saturated carbocycles. The molecule has 0 bridgehead atoms. The number of unbranched alkanes of at least 4 members (excludes halogenated alkanes) is 21. The zero-order chi connectivity index (χ0) is 34.3. The van der Waals surface area contributed by atoms with Crippen LogP contribution in [0.25, 0.3) is 0 Å². The van der Waals surface area contributed by atoms with Gasteiger partial charge in [-0.25, -0.2) is 4.79 Å². The Labute approximate surface area is 283 Å². The summed E-state index contributed by atoms with van der Waals surface area (Å²) in [5.41, 5.74) is 0. The summed E-state index contributed by atoms with van der Waals surface area (Å²) in [6, 6.07) is -0.604. The number of carboxylic acids is 1. The first-order chi connectivity index (χ1) is 22.1. The van der Waals surface area contributed by atoms with Crippen molar-refractivity contribution >= 4 is 17.9 Å². The highest BCUT2D eigenvalue weighted by Crippen LogP contribution is 2.16. The Bertz CT molecular complexity index is 737. The molecule has 0 amide bonds. The van der Waals surface area contributed by atoms with E-state index >= 15 is 0 Å². The zero-order valence-corrected chi connectivity index (χ0v) is 30.8. The molecule has 0 fully saturated rings. The minimum absolute atomic E-state index is 0.0601. The summed E-state index contributed by atoms with van der Waals surface area (Å²) in [6.07, 6.45) is 29.4. The van der Waals surface area contributed by atoms with E-state index in [9.17, 15) is 19.5 Å². The number of rotatable bonds is 34. The fourth-order valence-corrected chi connectivity index (χ4v) is 5.78. The second kappa shape index (κ2) is 30.7. The summed E-state index contributed by atoms with van der Waals surface area (Å²) in [5.74, 6) is -1.56. The number of nitrogens with zero attached hydrogens (tertiary/aromatic N) is 1. The second-order valence-electron chi connectivity index (χ2n) is 14.2. The number of hydrogen-bond acceptors (Lipinski definition) is 6. The molecule has 0 aromatic carbocycles. The Balaban J connectivity index is 3.80. The monoisotopic (exact) mass is 657 g/mol. The van der Waals surface area contributed by atoms with Crippen LogP contribution in [0.4, 0.5) is 0 Å². The van der Waals surface area contributed by atoms with Crippen LogP contribution < -0.4 is 0 Å². The summed E-state index contributed by atoms with van der Waals surface area (Å²) in [6.45, 7) is 4.20. The molecule has 0 aliphatic rings. The van der Waals surface area contributed by atoms with E-state index in [1.54, 1.807) is 6.92 Å². The van der Waals surface area contributed by atoms with E-state index in [-0.39, 0.29) is 42.7 Å². The number of esters is 2. The molecule has 0 spiro atoms. The second-order valence-corrected chi connectivity index (χ2v) is 14.2. The van der Waals surface area contributed by atoms with Crippen molar-refractivity contribution < 1.29 is 38.2 Å². The average Bonchev–Trinajstić information content (AvgIpc) is 3.00. The van der Waals surface area contributed by atoms with Gasteiger partial charge < -0.3 is 23.8 Å². The van der Waals surface area contributed by atoms with Gasteiger partial charge in [0.1, 0.15) is 6.61 Å². The molecule has 0 aliphatic carbocycles. The molecule has 2 atom stereocenters. The van der Waals surface area contributed by atoms with Gasteiger partial charge >= 0.3 is 17.9 Å². The predicted molar refractivity (Wildman–Crippen MR) is 188 cm³/mol. The van der Waals surface area contributed by atoms with Gasteiger partial charge in [0.05, 0.1) is 34.4 Å². The van der Waals surface area contributed by atoms with Crippen LogP contribution in [0.15, 0.2) is 0 Å². The van der Waals surface area contributed by atoms with Crippen LogP contribution in [0.2, 0.25) is 0 Å². The standard InChI is InChI=1S/C38H73NO7/c1-6-8-9-10-11-12-13-14-15-16-17-18-19-20-21-22-23-24-25-26-27-28-29-37(41)46-34(33-45-36(40)7-2)32-44-31-30-35(38(42)43)39(3,4)5/h34-35H,6-33H2,1-5H3/p+1. The van der Waals surface area contributed by atoms with Gasteiger partial charge in [-0.1, -0.05) is 149 Å². The van der Waals surface area contributed by atoms with Crippen molar-refractivity contribution in [2.75, 3.05) is 41.0 Å². The lowest BCUT2D eigenvalue weighted by atomic mass is 10.0. The van der Waals surface area contributed by atoms with Gasteiger partial charge in [0.15, 0.2) is 12.1 Å². The molecule has 8 nitrogen and oxygen atoms in total. The first-order valence-corrected chi connectivity index (χ1v) is 19.1. The summed E-state index contributed by atoms with van der Waals surface area (Å²) in [7, 11) is 5.49. The Kier molecular flexibility index (Phi) is 29.5. The molecule has 0 rings (SSSR count). The lowest BCUT2D eigenvalue weighted by molar-refractivity contribution is -0.887. The topological polar surface area (TPSA) is 99.1 Å². The third-order valence-electron chi connectivity index (χ3n) is 8.81. The highest BCUT2D eigenvalue weighted by molar-refractivity contribution is 5.72. The number of carboxylic acid groups (broad SMARTS) is 1. The van der Waals surface area contributed by atoms with Crippen molar-refractivity contribution in [1.29, 1.82) is 0 Å². The van der Waals surface area contributed by atoms with Gasteiger partial charge in [0.25, 0.3) is 0 Å². The Morgan fingerprint density at radius 1 is 0.587 bits per heavy atom. The van der Waals surface area contributed by atoms with E-state index in [1.165, 1.54) is 122 Å². The van der Waals surface area contributed by atoms with Crippen LogP contribution in [0.1, 0.15) is 174 Å². The number of quaternary nitrogens is 1. The van der Waals surface area contributed by atoms with E-state index in [4.69, 9.17) is 14.2 Å². The molecule has 0 aliphatic heterocycles. The van der Waals surface area contributed by atoms with E-state index in [1.807, 2.05) is 21.1 Å². The number of ether oxygens (including phenoxy) is 3. The van der Waals surface area contributed by atoms with E-state index in [0.717, 1.165) is 19.3 Å². The molecule has 0 aromatic rings. The smallest absolute Gasteiger partial charge is 0.362 e. The minimum Gasteiger partial charge on any atom is -0.477 e. The van der Waals surface area contributed by atoms with Crippen molar-refractivity contribution in [2.24, 2.45) is 0 Å². The Morgan fingerprint density at radius 3 is 1.37 bits per heavy atom. The first-order valence-electron chi connectivity index (χ1n) is 19.1. The third kappa shape index (κ3) is 28.5. The molecular formula is C38H74NO7+. The SMILES string of the molecule is CCCCCCCCCCCCCCCCCCCCCCCCC(=O)OC(COCCC(C(=O)O)[N+](C)(C)C)COC(=O)CC. The normalized spacial score (nSPS) is 13.0. The van der Waals surface area contributed by atoms with Gasteiger partial charge in [-0.15, -0.1) is 0 Å². The lowest BCUT2D eigenvalue weighted by Crippen LogP contribution is -2.50. The molecule has 0 saturated heterocycles. The molecule has 46 heavy (non-hydrogen) atoms. The fraction of sp³-hybridized carbons (Fsp3) is 0.921. The lowest BCUT2D eigenvalue weighted by Gasteiger charge is -2.31. The van der Waals surface area contributed by atoms with Crippen molar-refractivity contribution in [3.63, 3.8) is 0 Å². The Morgan fingerprint density at radius 2 is 1.00 bits per heavy atom. The molecule has 8 heteroatoms. The molecular weight excluding hydrogens is 582 g/mol. The number of aliphatic carboxylic acids is 1. The predicted octanol–water partition coefficient (Wildman–Crippen LogP) is 9.41. The van der Waals surface area contributed by atoms with Crippen molar-refractivity contribution in [3.8, 4) is 0 Å². The summed E-state index contributed by atoms with van der Waals surface area (Å²) < 4.78 is 16.7. The van der Waals surface area contributed by atoms with E-state index < -0.39 is 18.1 Å². The van der Waals surface area contributed by atoms with Crippen LogP contribution in [0.3, 0.4) is 0 Å². The minimum atomic E-state index is -0.879. The van der Waals surface area contributed by atoms with Crippen LogP contribution in [0, 0.1) is 0 Å². The van der Waals surface area contributed by atoms with Crippen LogP contribution >= 0.6 is 0 Å². The van der Waals surface area contributed by atoms with Crippen molar-refractivity contribution in [2.45, 2.75) is 187 Å². The van der Waals surface area contributed by atoms with E-state index in [0.29, 0.717) is 12.8 Å². The maximum atomic E-state index is 12.4. The fourth-order valence-electron chi connectivity index (χ4n) is 5.78. The van der Waals surface area contributed by atoms with Gasteiger partial charge in [0.2, 0.25) is 0 Å². The third-order valence-corrected chi connectivity index (χ3v) is 8.81. The maximum Gasteiger partial charge on any atom is 0.362 e. The van der Waals surface area contributed by atoms with Crippen LogP contribution in [0.5, 0.6) is 0 Å². The Hall–Kier alpha value is -1.67. The highest BCUT2D eigenvalue weighted by atomic mass is 16.6. The average molecular weight is 657 g/mol. The quantitative estimate of drug-likeness (QED) is 0.0418. The maximum absolute atomic E-state index is 12.4. The zero-order valence-electron chi connectivity index (χ0n) is 30.8. The van der Waals surface area contributed by atoms with Gasteiger partial charge in [-0.05, 0) is 6.42 Å². The van der Waals surface area contributed by atoms with Gasteiger partial charge in [0, 0.05) is 19.3 Å².